The number of benzene rings is 3. The van der Waals surface area contributed by atoms with Gasteiger partial charge in [0, 0.05) is 29.5 Å². The zero-order valence-corrected chi connectivity index (χ0v) is 24.0. The number of rotatable bonds is 10. The van der Waals surface area contributed by atoms with Crippen LogP contribution in [0.4, 0.5) is 0 Å². The maximum atomic E-state index is 13.9. The van der Waals surface area contributed by atoms with Crippen LogP contribution in [0.1, 0.15) is 29.5 Å². The first-order valence-corrected chi connectivity index (χ1v) is 13.7. The molecule has 1 saturated carbocycles. The molecule has 1 aliphatic rings. The Balaban J connectivity index is 1.93. The topological polar surface area (TPSA) is 230 Å². The molecule has 3 aromatic rings. The van der Waals surface area contributed by atoms with Crippen LogP contribution < -0.4 is 0 Å². The lowest BCUT2D eigenvalue weighted by molar-refractivity contribution is -0.267. The number of hydrogen-bond donors (Lipinski definition) is 8. The van der Waals surface area contributed by atoms with Crippen molar-refractivity contribution in [2.75, 3.05) is 0 Å². The van der Waals surface area contributed by atoms with E-state index in [1.165, 1.54) is 72.8 Å². The number of ketones is 3. The number of aromatic hydroxyl groups is 3. The highest BCUT2D eigenvalue weighted by Gasteiger charge is 2.77. The predicted octanol–water partition coefficient (Wildman–Crippen LogP) is 1.75. The predicted molar refractivity (Wildman–Crippen MR) is 163 cm³/mol. The summed E-state index contributed by atoms with van der Waals surface area (Å²) in [5.74, 6) is -7.95. The molecule has 0 radical (unpaired) electrons. The van der Waals surface area contributed by atoms with E-state index in [0.29, 0.717) is 18.2 Å². The minimum Gasteiger partial charge on any atom is -0.507 e. The number of aliphatic carboxylic acids is 1. The average Bonchev–Trinajstić information content (AvgIpc) is 3.01. The molecule has 2 atom stereocenters. The highest BCUT2D eigenvalue weighted by molar-refractivity contribution is 6.16. The van der Waals surface area contributed by atoms with E-state index in [4.69, 9.17) is 0 Å². The van der Waals surface area contributed by atoms with Gasteiger partial charge >= 0.3 is 5.97 Å². The molecule has 12 nitrogen and oxygen atoms in total. The van der Waals surface area contributed by atoms with Crippen molar-refractivity contribution in [1.29, 1.82) is 0 Å². The molecule has 1 fully saturated rings. The summed E-state index contributed by atoms with van der Waals surface area (Å²) in [4.78, 5) is 53.6. The fourth-order valence-electron chi connectivity index (χ4n) is 5.37. The molecule has 0 aliphatic heterocycles. The fraction of sp³-hybridized carbons (Fsp3) is 0.176. The van der Waals surface area contributed by atoms with E-state index in [1.54, 1.807) is 0 Å². The monoisotopic (exact) mass is 630 g/mol. The first-order valence-electron chi connectivity index (χ1n) is 13.7. The number of para-hydroxylation sites is 3. The SMILES string of the molecule is O=C(O)C1(O)C[C@](O)(C(=O)/C=C/c2ccccc2O)C(O)(C(=O)/C=C/c2ccccc2O)[C@@](O)(C(=O)/C=C/c2ccccc2O)C1. The van der Waals surface area contributed by atoms with Crippen LogP contribution in [-0.4, -0.2) is 86.6 Å². The van der Waals surface area contributed by atoms with Gasteiger partial charge in [0.05, 0.1) is 0 Å². The van der Waals surface area contributed by atoms with Crippen LogP contribution in [0.3, 0.4) is 0 Å². The van der Waals surface area contributed by atoms with Crippen LogP contribution in [0, 0.1) is 0 Å². The summed E-state index contributed by atoms with van der Waals surface area (Å²) < 4.78 is 0. The largest absolute Gasteiger partial charge is 0.507 e. The molecule has 4 rings (SSSR count). The molecule has 12 heteroatoms. The number of phenols is 3. The van der Waals surface area contributed by atoms with Crippen molar-refractivity contribution in [2.24, 2.45) is 0 Å². The molecule has 0 heterocycles. The molecule has 0 spiro atoms. The van der Waals surface area contributed by atoms with Gasteiger partial charge in [-0.15, -0.1) is 0 Å². The van der Waals surface area contributed by atoms with E-state index < -0.39 is 58.6 Å². The number of hydrogen-bond acceptors (Lipinski definition) is 11. The number of carbonyl (C=O) groups is 4. The molecular formula is C34H30O12. The molecule has 0 saturated heterocycles. The molecule has 0 unspecified atom stereocenters. The standard InChI is InChI=1S/C34H30O12/c35-24-10-4-1-7-21(24)13-16-27(38)32(44)19-31(43,30(41)42)20-33(45,28(39)17-14-22-8-2-5-11-25(22)36)34(32,46)29(40)18-15-23-9-3-6-12-26(23)37/h1-18,35-37,43-46H,19-20H2,(H,41,42)/b16-13+,17-14+,18-15+/t31?,32-,33-,34?/m0/s1. The summed E-state index contributed by atoms with van der Waals surface area (Å²) in [6.45, 7) is 0. The molecule has 238 valence electrons. The van der Waals surface area contributed by atoms with Crippen LogP contribution >= 0.6 is 0 Å². The van der Waals surface area contributed by atoms with Crippen molar-refractivity contribution < 1.29 is 60.0 Å². The van der Waals surface area contributed by atoms with Crippen LogP contribution in [0.15, 0.2) is 91.0 Å². The maximum Gasteiger partial charge on any atom is 0.335 e. The van der Waals surface area contributed by atoms with Gasteiger partial charge in [0.15, 0.2) is 39.8 Å². The summed E-state index contributed by atoms with van der Waals surface area (Å²) >= 11 is 0. The van der Waals surface area contributed by atoms with Crippen molar-refractivity contribution in [3.8, 4) is 17.2 Å². The molecule has 3 aromatic carbocycles. The van der Waals surface area contributed by atoms with Crippen LogP contribution in [-0.2, 0) is 19.2 Å². The van der Waals surface area contributed by atoms with Gasteiger partial charge in [-0.2, -0.15) is 0 Å². The molecule has 0 bridgehead atoms. The first kappa shape index (κ1) is 33.5. The Labute approximate surface area is 261 Å². The Hall–Kier alpha value is -5.40. The first-order chi connectivity index (χ1) is 21.6. The van der Waals surface area contributed by atoms with Crippen molar-refractivity contribution in [3.63, 3.8) is 0 Å². The quantitative estimate of drug-likeness (QED) is 0.150. The lowest BCUT2D eigenvalue weighted by Crippen LogP contribution is -2.82. The Morgan fingerprint density at radius 1 is 0.522 bits per heavy atom. The second-order valence-electron chi connectivity index (χ2n) is 10.9. The van der Waals surface area contributed by atoms with Crippen LogP contribution in [0.25, 0.3) is 18.2 Å². The Morgan fingerprint density at radius 3 is 1.13 bits per heavy atom. The van der Waals surface area contributed by atoms with Gasteiger partial charge in [-0.05, 0) is 54.7 Å². The third-order valence-electron chi connectivity index (χ3n) is 7.92. The lowest BCUT2D eigenvalue weighted by atomic mass is 9.53. The average molecular weight is 631 g/mol. The molecule has 46 heavy (non-hydrogen) atoms. The Bertz CT molecular complexity index is 1700. The van der Waals surface area contributed by atoms with E-state index in [0.717, 1.165) is 18.2 Å². The summed E-state index contributed by atoms with van der Waals surface area (Å²) in [6.07, 6.45) is 1.48. The Kier molecular flexibility index (Phi) is 9.13. The highest BCUT2D eigenvalue weighted by atomic mass is 16.4. The zero-order chi connectivity index (χ0) is 33.9. The van der Waals surface area contributed by atoms with Crippen molar-refractivity contribution in [3.05, 3.63) is 108 Å². The summed E-state index contributed by atoms with van der Waals surface area (Å²) in [5, 5.41) is 87.2. The zero-order valence-electron chi connectivity index (χ0n) is 24.0. The minimum absolute atomic E-state index is 0.0148. The lowest BCUT2D eigenvalue weighted by Gasteiger charge is -2.55. The third kappa shape index (κ3) is 5.85. The summed E-state index contributed by atoms with van der Waals surface area (Å²) in [7, 11) is 0. The van der Waals surface area contributed by atoms with Gasteiger partial charge in [0.2, 0.25) is 0 Å². The van der Waals surface area contributed by atoms with Crippen molar-refractivity contribution in [2.45, 2.75) is 35.2 Å². The van der Waals surface area contributed by atoms with Gasteiger partial charge in [-0.1, -0.05) is 54.6 Å². The number of carboxylic acid groups (broad SMARTS) is 1. The second kappa shape index (κ2) is 12.5. The van der Waals surface area contributed by atoms with Gasteiger partial charge < -0.3 is 40.9 Å². The number of carboxylic acids is 1. The molecule has 0 amide bonds. The fourth-order valence-corrected chi connectivity index (χ4v) is 5.37. The molecular weight excluding hydrogens is 600 g/mol. The van der Waals surface area contributed by atoms with E-state index in [2.05, 4.69) is 0 Å². The third-order valence-corrected chi connectivity index (χ3v) is 7.92. The molecule has 8 N–H and O–H groups in total. The van der Waals surface area contributed by atoms with E-state index in [1.807, 2.05) is 0 Å². The van der Waals surface area contributed by atoms with Crippen LogP contribution in [0.5, 0.6) is 17.2 Å². The molecule has 0 aromatic heterocycles. The van der Waals surface area contributed by atoms with Gasteiger partial charge in [0.25, 0.3) is 0 Å². The normalized spacial score (nSPS) is 26.4. The van der Waals surface area contributed by atoms with E-state index >= 15 is 0 Å². The van der Waals surface area contributed by atoms with Gasteiger partial charge in [0.1, 0.15) is 17.2 Å². The second-order valence-corrected chi connectivity index (χ2v) is 10.9. The number of carbonyl (C=O) groups excluding carboxylic acids is 3. The molecule has 1 aliphatic carbocycles. The number of aliphatic hydroxyl groups is 4. The van der Waals surface area contributed by atoms with Gasteiger partial charge in [-0.25, -0.2) is 4.79 Å². The Morgan fingerprint density at radius 2 is 0.826 bits per heavy atom. The number of phenolic OH excluding ortho intramolecular Hbond substituents is 3. The van der Waals surface area contributed by atoms with Gasteiger partial charge in [-0.3, -0.25) is 14.4 Å². The highest BCUT2D eigenvalue weighted by Crippen LogP contribution is 2.51. The van der Waals surface area contributed by atoms with Crippen molar-refractivity contribution in [1.82, 2.24) is 0 Å². The smallest absolute Gasteiger partial charge is 0.335 e. The summed E-state index contributed by atoms with van der Waals surface area (Å²) in [6, 6.07) is 16.7. The summed E-state index contributed by atoms with van der Waals surface area (Å²) in [5.41, 5.74) is -14.4. The van der Waals surface area contributed by atoms with Crippen molar-refractivity contribution >= 4 is 41.5 Å². The maximum absolute atomic E-state index is 13.9. The van der Waals surface area contributed by atoms with E-state index in [9.17, 15) is 60.0 Å². The minimum atomic E-state index is -3.86. The van der Waals surface area contributed by atoms with E-state index in [-0.39, 0.29) is 33.9 Å². The van der Waals surface area contributed by atoms with Crippen LogP contribution in [0.2, 0.25) is 0 Å².